The third-order valence-corrected chi connectivity index (χ3v) is 4.79. The van der Waals surface area contributed by atoms with Crippen molar-refractivity contribution in [1.29, 1.82) is 0 Å². The van der Waals surface area contributed by atoms with Crippen LogP contribution in [-0.4, -0.2) is 35.6 Å². The molecule has 2 unspecified atom stereocenters. The second-order valence-corrected chi connectivity index (χ2v) is 7.53. The van der Waals surface area contributed by atoms with E-state index < -0.39 is 6.61 Å². The molecule has 10 heteroatoms. The van der Waals surface area contributed by atoms with Crippen molar-refractivity contribution in [2.24, 2.45) is 5.92 Å². The Morgan fingerprint density at radius 3 is 2.45 bits per heavy atom. The molecule has 182 valence electrons. The van der Waals surface area contributed by atoms with Crippen LogP contribution in [0.15, 0.2) is 36.5 Å². The lowest BCUT2D eigenvalue weighted by atomic mass is 9.90. The Morgan fingerprint density at radius 1 is 1.24 bits per heavy atom. The summed E-state index contributed by atoms with van der Waals surface area (Å²) in [7, 11) is 0. The van der Waals surface area contributed by atoms with E-state index in [1.54, 1.807) is 24.4 Å². The fourth-order valence-corrected chi connectivity index (χ4v) is 3.24. The average molecular weight is 469 g/mol. The number of unbranched alkanes of at least 4 members (excludes halogenated alkanes) is 1. The highest BCUT2D eigenvalue weighted by molar-refractivity contribution is 5.96. The van der Waals surface area contributed by atoms with Crippen LogP contribution in [0.1, 0.15) is 50.3 Å². The summed E-state index contributed by atoms with van der Waals surface area (Å²) in [6.07, 6.45) is 5.31. The summed E-state index contributed by atoms with van der Waals surface area (Å²) in [5.41, 5.74) is 2.26. The van der Waals surface area contributed by atoms with Crippen molar-refractivity contribution in [3.05, 3.63) is 53.5 Å². The molecule has 0 aliphatic carbocycles. The molecule has 4 N–H and O–H groups in total. The van der Waals surface area contributed by atoms with Crippen LogP contribution in [0.3, 0.4) is 0 Å². The van der Waals surface area contributed by atoms with E-state index in [4.69, 9.17) is 5.11 Å². The highest BCUT2D eigenvalue weighted by atomic mass is 19.3. The van der Waals surface area contributed by atoms with Crippen molar-refractivity contribution in [3.8, 4) is 0 Å². The number of aliphatic hydroxyl groups is 1. The van der Waals surface area contributed by atoms with Crippen LogP contribution in [-0.2, 0) is 9.59 Å². The Morgan fingerprint density at radius 2 is 1.88 bits per heavy atom. The first-order chi connectivity index (χ1) is 15.7. The fraction of sp³-hybridized carbons (Fsp3) is 0.435. The van der Waals surface area contributed by atoms with E-state index in [0.717, 1.165) is 30.4 Å². The normalized spacial score (nSPS) is 12.4. The molecular formula is C23H31F3N4O3. The van der Waals surface area contributed by atoms with Crippen molar-refractivity contribution in [2.75, 3.05) is 17.2 Å². The fourth-order valence-electron chi connectivity index (χ4n) is 3.24. The number of benzene rings is 1. The number of amides is 2. The highest BCUT2D eigenvalue weighted by Crippen LogP contribution is 2.26. The summed E-state index contributed by atoms with van der Waals surface area (Å²) in [4.78, 5) is 27.4. The molecule has 0 saturated heterocycles. The Labute approximate surface area is 191 Å². The highest BCUT2D eigenvalue weighted by Gasteiger charge is 2.20. The number of anilines is 2. The number of aromatic nitrogens is 1. The standard InChI is InChI=1S/C22H29FN4O2.CH2F2O/c1-4-5-6-16(3)21(17-7-9-18(23)10-8-17)24-13-20(29)27-19-11-15(2)12-25-22(19)26-14-28;2-1(3)4/h7-12,14,16,21,24H,4-6,13H2,1-3H3,(H,27,29)(H,25,26,28);1,4H. The number of aryl methyl sites for hydroxylation is 1. The van der Waals surface area contributed by atoms with Crippen molar-refractivity contribution in [1.82, 2.24) is 10.3 Å². The molecule has 0 radical (unpaired) electrons. The molecule has 0 bridgehead atoms. The van der Waals surface area contributed by atoms with E-state index in [-0.39, 0.29) is 30.2 Å². The molecule has 2 amide bonds. The molecule has 0 saturated carbocycles. The molecule has 2 rings (SSSR count). The number of nitrogens with zero attached hydrogens (tertiary/aromatic N) is 1. The topological polar surface area (TPSA) is 103 Å². The van der Waals surface area contributed by atoms with Gasteiger partial charge < -0.3 is 21.1 Å². The first-order valence-corrected chi connectivity index (χ1v) is 10.6. The van der Waals surface area contributed by atoms with Gasteiger partial charge in [0, 0.05) is 12.2 Å². The quantitative estimate of drug-likeness (QED) is 0.366. The zero-order chi connectivity index (χ0) is 24.8. The Bertz CT molecular complexity index is 864. The van der Waals surface area contributed by atoms with Crippen LogP contribution in [0.25, 0.3) is 0 Å². The Balaban J connectivity index is 0.00000125. The van der Waals surface area contributed by atoms with Gasteiger partial charge in [0.2, 0.25) is 12.3 Å². The number of hydrogen-bond donors (Lipinski definition) is 4. The van der Waals surface area contributed by atoms with E-state index in [0.29, 0.717) is 17.9 Å². The van der Waals surface area contributed by atoms with Crippen molar-refractivity contribution in [2.45, 2.75) is 52.7 Å². The van der Waals surface area contributed by atoms with Gasteiger partial charge in [-0.2, -0.15) is 8.78 Å². The SMILES string of the molecule is CCCCC(C)C(NCC(=O)Nc1cc(C)cnc1NC=O)c1ccc(F)cc1.OC(F)F. The lowest BCUT2D eigenvalue weighted by molar-refractivity contribution is -0.115. The zero-order valence-electron chi connectivity index (χ0n) is 18.9. The molecular weight excluding hydrogens is 437 g/mol. The van der Waals surface area contributed by atoms with Crippen LogP contribution in [0, 0.1) is 18.7 Å². The summed E-state index contributed by atoms with van der Waals surface area (Å²) in [5, 5.41) is 15.3. The van der Waals surface area contributed by atoms with Gasteiger partial charge >= 0.3 is 6.61 Å². The number of pyridine rings is 1. The molecule has 1 heterocycles. The summed E-state index contributed by atoms with van der Waals surface area (Å²) in [6.45, 7) is 3.03. The molecule has 0 aliphatic heterocycles. The molecule has 0 fully saturated rings. The summed E-state index contributed by atoms with van der Waals surface area (Å²) < 4.78 is 33.1. The average Bonchev–Trinajstić information content (AvgIpc) is 2.75. The van der Waals surface area contributed by atoms with E-state index in [1.165, 1.54) is 12.1 Å². The number of carbonyl (C=O) groups is 2. The van der Waals surface area contributed by atoms with Crippen LogP contribution in [0.5, 0.6) is 0 Å². The molecule has 2 atom stereocenters. The monoisotopic (exact) mass is 468 g/mol. The maximum atomic E-state index is 13.3. The van der Waals surface area contributed by atoms with E-state index in [1.807, 2.05) is 6.92 Å². The van der Waals surface area contributed by atoms with Gasteiger partial charge in [0.05, 0.1) is 12.2 Å². The third kappa shape index (κ3) is 10.9. The zero-order valence-corrected chi connectivity index (χ0v) is 18.9. The van der Waals surface area contributed by atoms with E-state index >= 15 is 0 Å². The molecule has 33 heavy (non-hydrogen) atoms. The van der Waals surface area contributed by atoms with Crippen molar-refractivity contribution >= 4 is 23.8 Å². The third-order valence-electron chi connectivity index (χ3n) is 4.79. The number of carbonyl (C=O) groups excluding carboxylic acids is 2. The second kappa shape index (κ2) is 15.0. The van der Waals surface area contributed by atoms with Gasteiger partial charge in [0.15, 0.2) is 5.82 Å². The molecule has 7 nitrogen and oxygen atoms in total. The predicted molar refractivity (Wildman–Crippen MR) is 121 cm³/mol. The van der Waals surface area contributed by atoms with Crippen LogP contribution in [0.4, 0.5) is 24.7 Å². The molecule has 1 aromatic heterocycles. The smallest absolute Gasteiger partial charge is 0.339 e. The van der Waals surface area contributed by atoms with Gasteiger partial charge in [0.25, 0.3) is 0 Å². The van der Waals surface area contributed by atoms with Gasteiger partial charge in [-0.15, -0.1) is 0 Å². The van der Waals surface area contributed by atoms with Gasteiger partial charge in [-0.25, -0.2) is 9.37 Å². The minimum atomic E-state index is -3.17. The lowest BCUT2D eigenvalue weighted by Crippen LogP contribution is -2.34. The summed E-state index contributed by atoms with van der Waals surface area (Å²) >= 11 is 0. The minimum absolute atomic E-state index is 0.0731. The largest absolute Gasteiger partial charge is 0.342 e. The van der Waals surface area contributed by atoms with Gasteiger partial charge in [-0.1, -0.05) is 38.8 Å². The van der Waals surface area contributed by atoms with Crippen LogP contribution >= 0.6 is 0 Å². The first kappa shape index (κ1) is 28.1. The van der Waals surface area contributed by atoms with Crippen LogP contribution in [0.2, 0.25) is 0 Å². The van der Waals surface area contributed by atoms with Crippen molar-refractivity contribution < 1.29 is 27.9 Å². The summed E-state index contributed by atoms with van der Waals surface area (Å²) in [5.74, 6) is 0.0428. The van der Waals surface area contributed by atoms with Crippen molar-refractivity contribution in [3.63, 3.8) is 0 Å². The van der Waals surface area contributed by atoms with E-state index in [2.05, 4.69) is 34.8 Å². The van der Waals surface area contributed by atoms with Gasteiger partial charge in [-0.05, 0) is 48.6 Å². The maximum absolute atomic E-state index is 13.3. The number of halogens is 3. The lowest BCUT2D eigenvalue weighted by Gasteiger charge is -2.26. The van der Waals surface area contributed by atoms with Gasteiger partial charge in [-0.3, -0.25) is 9.59 Å². The Kier molecular flexibility index (Phi) is 12.7. The number of hydrogen-bond acceptors (Lipinski definition) is 5. The number of alkyl halides is 2. The van der Waals surface area contributed by atoms with Crippen LogP contribution < -0.4 is 16.0 Å². The minimum Gasteiger partial charge on any atom is -0.339 e. The summed E-state index contributed by atoms with van der Waals surface area (Å²) in [6, 6.07) is 8.06. The Hall–Kier alpha value is -2.98. The molecule has 0 spiro atoms. The maximum Gasteiger partial charge on any atom is 0.342 e. The van der Waals surface area contributed by atoms with E-state index in [9.17, 15) is 22.8 Å². The number of nitrogens with one attached hydrogen (secondary N) is 3. The number of rotatable bonds is 11. The first-order valence-electron chi connectivity index (χ1n) is 10.6. The number of aliphatic hydroxyl groups excluding tert-OH is 1. The predicted octanol–water partition coefficient (Wildman–Crippen LogP) is 4.39. The van der Waals surface area contributed by atoms with Gasteiger partial charge in [0.1, 0.15) is 5.82 Å². The molecule has 2 aromatic rings. The molecule has 0 aliphatic rings. The molecule has 1 aromatic carbocycles. The second-order valence-electron chi connectivity index (χ2n) is 7.53.